The number of rotatable bonds is 7. The lowest BCUT2D eigenvalue weighted by Crippen LogP contribution is -2.55. The van der Waals surface area contributed by atoms with E-state index in [1.807, 2.05) is 55.7 Å². The molecule has 0 saturated carbocycles. The average molecular weight is 594 g/mol. The summed E-state index contributed by atoms with van der Waals surface area (Å²) in [7, 11) is 0. The fraction of sp³-hybridized carbons (Fsp3) is 0.424. The summed E-state index contributed by atoms with van der Waals surface area (Å²) in [6, 6.07) is 11.6. The van der Waals surface area contributed by atoms with Gasteiger partial charge >= 0.3 is 0 Å². The van der Waals surface area contributed by atoms with Crippen LogP contribution in [0.2, 0.25) is 5.02 Å². The second kappa shape index (κ2) is 12.0. The minimum absolute atomic E-state index is 0.00394. The van der Waals surface area contributed by atoms with Gasteiger partial charge in [-0.2, -0.15) is 0 Å². The van der Waals surface area contributed by atoms with Crippen LogP contribution in [0.3, 0.4) is 0 Å². The zero-order valence-corrected chi connectivity index (χ0v) is 25.2. The van der Waals surface area contributed by atoms with Gasteiger partial charge in [-0.05, 0) is 68.1 Å². The molecule has 1 aromatic heterocycles. The molecule has 5 rings (SSSR count). The summed E-state index contributed by atoms with van der Waals surface area (Å²) in [6.07, 6.45) is 3.70. The highest BCUT2D eigenvalue weighted by Crippen LogP contribution is 2.40. The van der Waals surface area contributed by atoms with Gasteiger partial charge in [0.1, 0.15) is 11.6 Å². The number of aliphatic hydroxyl groups is 1. The lowest BCUT2D eigenvalue weighted by molar-refractivity contribution is -0.127. The molecule has 2 aromatic carbocycles. The number of carbonyl (C=O) groups is 2. The van der Waals surface area contributed by atoms with Gasteiger partial charge in [-0.1, -0.05) is 37.6 Å². The van der Waals surface area contributed by atoms with Gasteiger partial charge in [-0.15, -0.1) is 0 Å². The Morgan fingerprint density at radius 3 is 2.62 bits per heavy atom. The molecule has 2 aliphatic rings. The smallest absolute Gasteiger partial charge is 0.254 e. The normalized spacial score (nSPS) is 17.6. The Morgan fingerprint density at radius 2 is 1.93 bits per heavy atom. The molecule has 0 aliphatic carbocycles. The quantitative estimate of drug-likeness (QED) is 0.352. The highest BCUT2D eigenvalue weighted by Gasteiger charge is 2.43. The summed E-state index contributed by atoms with van der Waals surface area (Å²) in [5.41, 5.74) is 3.77. The molecule has 1 atom stereocenters. The molecule has 3 heterocycles. The van der Waals surface area contributed by atoms with Crippen LogP contribution in [0.1, 0.15) is 61.6 Å². The fourth-order valence-electron chi connectivity index (χ4n) is 5.95. The topological polar surface area (TPSA) is 83.0 Å². The number of benzene rings is 2. The van der Waals surface area contributed by atoms with Crippen LogP contribution in [0.4, 0.5) is 10.1 Å². The minimum Gasteiger partial charge on any atom is -0.490 e. The molecule has 222 valence electrons. The number of halogens is 2. The van der Waals surface area contributed by atoms with E-state index in [-0.39, 0.29) is 36.4 Å². The molecular weight excluding hydrogens is 557 g/mol. The van der Waals surface area contributed by atoms with Crippen molar-refractivity contribution in [3.8, 4) is 16.9 Å². The van der Waals surface area contributed by atoms with Crippen LogP contribution in [0.15, 0.2) is 48.7 Å². The Kier molecular flexibility index (Phi) is 8.58. The standard InChI is InChI=1S/C33H37ClFN3O4/c1-20-15-22(27-17-24(35)6-8-30(27)42-21(2)11-14-39)5-7-26(20)31(40)37-12-9-25(10-13-37)38-29-16-23(34)19-36-28(29)18-33(3,4)32(38)41/h5-8,15-17,19,21,25,39H,9-14,18H2,1-4H3/t21-/m1/s1. The lowest BCUT2D eigenvalue weighted by Gasteiger charge is -2.45. The molecule has 3 aromatic rings. The monoisotopic (exact) mass is 593 g/mol. The van der Waals surface area contributed by atoms with Gasteiger partial charge in [0.05, 0.1) is 22.5 Å². The number of anilines is 1. The second-order valence-electron chi connectivity index (χ2n) is 12.0. The zero-order valence-electron chi connectivity index (χ0n) is 24.5. The number of carbonyl (C=O) groups excluding carboxylic acids is 2. The number of piperidine rings is 1. The van der Waals surface area contributed by atoms with Crippen LogP contribution in [0.25, 0.3) is 11.1 Å². The van der Waals surface area contributed by atoms with Crippen molar-refractivity contribution in [2.24, 2.45) is 5.41 Å². The molecule has 1 fully saturated rings. The van der Waals surface area contributed by atoms with Crippen LogP contribution < -0.4 is 9.64 Å². The number of aliphatic hydroxyl groups excluding tert-OH is 1. The summed E-state index contributed by atoms with van der Waals surface area (Å²) in [5.74, 6) is 0.123. The van der Waals surface area contributed by atoms with Crippen molar-refractivity contribution in [2.45, 2.75) is 65.5 Å². The molecule has 2 amide bonds. The summed E-state index contributed by atoms with van der Waals surface area (Å²) in [5, 5.41) is 9.73. The average Bonchev–Trinajstić information content (AvgIpc) is 2.95. The summed E-state index contributed by atoms with van der Waals surface area (Å²) in [4.78, 5) is 35.3. The Morgan fingerprint density at radius 1 is 1.19 bits per heavy atom. The lowest BCUT2D eigenvalue weighted by atomic mass is 9.81. The van der Waals surface area contributed by atoms with E-state index in [9.17, 15) is 19.1 Å². The first-order chi connectivity index (χ1) is 20.0. The molecule has 42 heavy (non-hydrogen) atoms. The van der Waals surface area contributed by atoms with Crippen LogP contribution in [0.5, 0.6) is 5.75 Å². The number of aromatic nitrogens is 1. The molecule has 9 heteroatoms. The minimum atomic E-state index is -0.566. The highest BCUT2D eigenvalue weighted by molar-refractivity contribution is 6.30. The largest absolute Gasteiger partial charge is 0.490 e. The first-order valence-electron chi connectivity index (χ1n) is 14.4. The number of likely N-dealkylation sites (tertiary alicyclic amines) is 1. The Balaban J connectivity index is 1.32. The van der Waals surface area contributed by atoms with E-state index in [2.05, 4.69) is 4.98 Å². The maximum atomic E-state index is 14.2. The third-order valence-corrected chi connectivity index (χ3v) is 8.48. The predicted octanol–water partition coefficient (Wildman–Crippen LogP) is 6.22. The predicted molar refractivity (Wildman–Crippen MR) is 162 cm³/mol. The number of hydrogen-bond acceptors (Lipinski definition) is 5. The SMILES string of the molecule is Cc1cc(-c2cc(F)ccc2O[C@H](C)CCO)ccc1C(=O)N1CCC(N2C(=O)C(C)(C)Cc3ncc(Cl)cc32)CC1. The van der Waals surface area contributed by atoms with Crippen molar-refractivity contribution in [1.82, 2.24) is 9.88 Å². The number of aryl methyl sites for hydroxylation is 1. The van der Waals surface area contributed by atoms with E-state index in [0.717, 1.165) is 22.5 Å². The summed E-state index contributed by atoms with van der Waals surface area (Å²) in [6.45, 7) is 8.65. The van der Waals surface area contributed by atoms with Crippen LogP contribution >= 0.6 is 11.6 Å². The van der Waals surface area contributed by atoms with Crippen molar-refractivity contribution in [1.29, 1.82) is 0 Å². The summed E-state index contributed by atoms with van der Waals surface area (Å²) >= 11 is 6.26. The number of pyridine rings is 1. The highest BCUT2D eigenvalue weighted by atomic mass is 35.5. The molecule has 0 unspecified atom stereocenters. The molecule has 1 saturated heterocycles. The van der Waals surface area contributed by atoms with E-state index in [4.69, 9.17) is 16.3 Å². The molecule has 1 N–H and O–H groups in total. The number of hydrogen-bond donors (Lipinski definition) is 1. The number of amides is 2. The second-order valence-corrected chi connectivity index (χ2v) is 12.4. The summed E-state index contributed by atoms with van der Waals surface area (Å²) < 4.78 is 20.2. The van der Waals surface area contributed by atoms with Crippen molar-refractivity contribution in [3.05, 3.63) is 76.3 Å². The zero-order chi connectivity index (χ0) is 30.2. The van der Waals surface area contributed by atoms with E-state index in [1.54, 1.807) is 18.3 Å². The van der Waals surface area contributed by atoms with Crippen molar-refractivity contribution in [3.63, 3.8) is 0 Å². The Hall–Kier alpha value is -3.49. The Labute approximate surface area is 251 Å². The molecule has 0 radical (unpaired) electrons. The van der Waals surface area contributed by atoms with E-state index in [0.29, 0.717) is 60.7 Å². The number of ether oxygens (including phenoxy) is 1. The molecule has 2 aliphatic heterocycles. The van der Waals surface area contributed by atoms with Gasteiger partial charge in [0.25, 0.3) is 5.91 Å². The van der Waals surface area contributed by atoms with E-state index >= 15 is 0 Å². The molecular formula is C33H37ClFN3O4. The maximum absolute atomic E-state index is 14.2. The van der Waals surface area contributed by atoms with Crippen LogP contribution in [0, 0.1) is 18.2 Å². The first-order valence-corrected chi connectivity index (χ1v) is 14.8. The number of fused-ring (bicyclic) bond motifs is 1. The molecule has 0 bridgehead atoms. The van der Waals surface area contributed by atoms with Crippen LogP contribution in [-0.2, 0) is 11.2 Å². The first kappa shape index (κ1) is 30.0. The van der Waals surface area contributed by atoms with Gasteiger partial charge in [0, 0.05) is 61.3 Å². The van der Waals surface area contributed by atoms with E-state index < -0.39 is 5.41 Å². The third-order valence-electron chi connectivity index (χ3n) is 8.27. The maximum Gasteiger partial charge on any atom is 0.254 e. The van der Waals surface area contributed by atoms with Gasteiger partial charge in [0.15, 0.2) is 0 Å². The van der Waals surface area contributed by atoms with Crippen molar-refractivity contribution < 1.29 is 23.8 Å². The van der Waals surface area contributed by atoms with Gasteiger partial charge in [0.2, 0.25) is 5.91 Å². The molecule has 0 spiro atoms. The third kappa shape index (κ3) is 6.01. The van der Waals surface area contributed by atoms with Crippen LogP contribution in [-0.4, -0.2) is 58.6 Å². The molecule has 7 nitrogen and oxygen atoms in total. The Bertz CT molecular complexity index is 1500. The van der Waals surface area contributed by atoms with E-state index in [1.165, 1.54) is 12.1 Å². The van der Waals surface area contributed by atoms with Gasteiger partial charge in [-0.25, -0.2) is 4.39 Å². The van der Waals surface area contributed by atoms with Gasteiger partial charge < -0.3 is 19.6 Å². The van der Waals surface area contributed by atoms with Gasteiger partial charge in [-0.3, -0.25) is 14.6 Å². The number of nitrogens with zero attached hydrogens (tertiary/aromatic N) is 3. The van der Waals surface area contributed by atoms with Crippen molar-refractivity contribution in [2.75, 3.05) is 24.6 Å². The fourth-order valence-corrected chi connectivity index (χ4v) is 6.10. The van der Waals surface area contributed by atoms with Crippen molar-refractivity contribution >= 4 is 29.1 Å².